The van der Waals surface area contributed by atoms with Crippen LogP contribution in [0.15, 0.2) is 30.3 Å². The highest BCUT2D eigenvalue weighted by Crippen LogP contribution is 2.21. The molecule has 9 heteroatoms. The fraction of sp³-hybridized carbons (Fsp3) is 0.435. The number of pyridine rings is 1. The number of carbonyl (C=O) groups is 2. The Hall–Kier alpha value is -2.71. The molecular formula is C23H27ClFN3O4. The second-order valence-electron chi connectivity index (χ2n) is 7.66. The molecule has 0 bridgehead atoms. The average Bonchev–Trinajstić information content (AvgIpc) is 2.77. The van der Waals surface area contributed by atoms with Crippen LogP contribution in [-0.4, -0.2) is 47.8 Å². The maximum atomic E-state index is 13.9. The number of fused-ring (bicyclic) bond motifs is 1. The van der Waals surface area contributed by atoms with Crippen LogP contribution in [0.5, 0.6) is 0 Å². The average molecular weight is 464 g/mol. The monoisotopic (exact) mass is 463 g/mol. The number of nitrogens with zero attached hydrogens (tertiary/aromatic N) is 1. The Morgan fingerprint density at radius 1 is 1.25 bits per heavy atom. The van der Waals surface area contributed by atoms with E-state index < -0.39 is 23.7 Å². The number of anilines is 1. The van der Waals surface area contributed by atoms with E-state index in [-0.39, 0.29) is 23.6 Å². The number of rotatable bonds is 11. The Morgan fingerprint density at radius 3 is 2.88 bits per heavy atom. The fourth-order valence-corrected chi connectivity index (χ4v) is 3.77. The minimum Gasteiger partial charge on any atom is -0.480 e. The minimum atomic E-state index is -1.22. The summed E-state index contributed by atoms with van der Waals surface area (Å²) in [7, 11) is 0. The molecule has 1 aromatic heterocycles. The zero-order chi connectivity index (χ0) is 22.9. The second-order valence-corrected chi connectivity index (χ2v) is 8.07. The van der Waals surface area contributed by atoms with E-state index in [9.17, 15) is 19.1 Å². The third-order valence-electron chi connectivity index (χ3n) is 5.27. The second kappa shape index (κ2) is 11.8. The van der Waals surface area contributed by atoms with Crippen LogP contribution in [0.1, 0.15) is 47.3 Å². The van der Waals surface area contributed by atoms with Gasteiger partial charge in [0.25, 0.3) is 5.91 Å². The van der Waals surface area contributed by atoms with E-state index in [4.69, 9.17) is 16.3 Å². The van der Waals surface area contributed by atoms with Gasteiger partial charge in [-0.05, 0) is 55.9 Å². The summed E-state index contributed by atoms with van der Waals surface area (Å²) in [6.07, 6.45) is 4.81. The molecule has 0 saturated carbocycles. The molecule has 0 fully saturated rings. The van der Waals surface area contributed by atoms with Gasteiger partial charge >= 0.3 is 5.97 Å². The molecule has 1 aliphatic heterocycles. The van der Waals surface area contributed by atoms with E-state index in [1.807, 2.05) is 0 Å². The largest absolute Gasteiger partial charge is 0.480 e. The zero-order valence-corrected chi connectivity index (χ0v) is 18.5. The minimum absolute atomic E-state index is 0.0607. The highest BCUT2D eigenvalue weighted by Gasteiger charge is 2.23. The number of carboxylic acid groups (broad SMARTS) is 1. The number of ether oxygens (including phenoxy) is 1. The van der Waals surface area contributed by atoms with Crippen molar-refractivity contribution in [3.8, 4) is 0 Å². The molecule has 2 heterocycles. The number of aromatic nitrogens is 1. The van der Waals surface area contributed by atoms with Crippen molar-refractivity contribution in [2.24, 2.45) is 0 Å². The van der Waals surface area contributed by atoms with Crippen LogP contribution in [0.25, 0.3) is 0 Å². The van der Waals surface area contributed by atoms with E-state index in [2.05, 4.69) is 27.8 Å². The molecular weight excluding hydrogens is 437 g/mol. The molecule has 1 amide bonds. The fourth-order valence-electron chi connectivity index (χ4n) is 3.52. The third-order valence-corrected chi connectivity index (χ3v) is 5.58. The van der Waals surface area contributed by atoms with Crippen molar-refractivity contribution in [1.29, 1.82) is 0 Å². The molecule has 0 spiro atoms. The summed E-state index contributed by atoms with van der Waals surface area (Å²) < 4.78 is 19.4. The van der Waals surface area contributed by atoms with Gasteiger partial charge in [-0.1, -0.05) is 23.7 Å². The van der Waals surface area contributed by atoms with Crippen molar-refractivity contribution in [3.63, 3.8) is 0 Å². The number of nitrogens with one attached hydrogen (secondary N) is 2. The Bertz CT molecular complexity index is 937. The molecule has 1 aliphatic rings. The molecule has 1 aromatic carbocycles. The number of carboxylic acids is 1. The normalized spacial score (nSPS) is 13.7. The van der Waals surface area contributed by atoms with Gasteiger partial charge in [0.15, 0.2) is 0 Å². The predicted molar refractivity (Wildman–Crippen MR) is 120 cm³/mol. The summed E-state index contributed by atoms with van der Waals surface area (Å²) in [4.78, 5) is 28.4. The number of aliphatic carboxylic acids is 1. The summed E-state index contributed by atoms with van der Waals surface area (Å²) in [5.41, 5.74) is 1.94. The lowest BCUT2D eigenvalue weighted by atomic mass is 10.1. The molecule has 0 aliphatic carbocycles. The number of unbranched alkanes of at least 4 members (excludes halogenated alkanes) is 1. The molecule has 3 N–H and O–H groups in total. The number of amides is 1. The number of halogens is 2. The van der Waals surface area contributed by atoms with Gasteiger partial charge in [-0.15, -0.1) is 0 Å². The molecule has 3 rings (SSSR count). The summed E-state index contributed by atoms with van der Waals surface area (Å²) in [5.74, 6) is -1.91. The first-order chi connectivity index (χ1) is 15.5. The molecule has 0 saturated heterocycles. The van der Waals surface area contributed by atoms with E-state index >= 15 is 0 Å². The van der Waals surface area contributed by atoms with Crippen molar-refractivity contribution < 1.29 is 23.8 Å². The van der Waals surface area contributed by atoms with Crippen LogP contribution < -0.4 is 10.6 Å². The lowest BCUT2D eigenvalue weighted by Crippen LogP contribution is -2.42. The Labute approximate surface area is 191 Å². The smallest absolute Gasteiger partial charge is 0.326 e. The van der Waals surface area contributed by atoms with Gasteiger partial charge in [0.05, 0.1) is 10.6 Å². The van der Waals surface area contributed by atoms with Gasteiger partial charge in [0.2, 0.25) is 0 Å². The first-order valence-corrected chi connectivity index (χ1v) is 11.1. The Morgan fingerprint density at radius 2 is 2.09 bits per heavy atom. The highest BCUT2D eigenvalue weighted by molar-refractivity contribution is 6.33. The highest BCUT2D eigenvalue weighted by atomic mass is 35.5. The maximum Gasteiger partial charge on any atom is 0.326 e. The molecule has 0 unspecified atom stereocenters. The quantitative estimate of drug-likeness (QED) is 0.438. The lowest BCUT2D eigenvalue weighted by Gasteiger charge is -2.17. The van der Waals surface area contributed by atoms with Crippen LogP contribution in [-0.2, 0) is 22.4 Å². The summed E-state index contributed by atoms with van der Waals surface area (Å²) >= 11 is 5.86. The molecule has 0 radical (unpaired) electrons. The van der Waals surface area contributed by atoms with Crippen molar-refractivity contribution in [1.82, 2.24) is 10.3 Å². The standard InChI is InChI=1S/C23H27ClFN3O4/c24-17-7-3-8-18(25)20(17)22(29)28-19(23(30)31)11-14-32-13-2-1-6-16-10-9-15-5-4-12-26-21(15)27-16/h3,7-10,19H,1-2,4-6,11-14H2,(H,26,27)(H,28,29)(H,30,31)/t19-/m0/s1. The van der Waals surface area contributed by atoms with Crippen molar-refractivity contribution in [2.75, 3.05) is 25.1 Å². The third kappa shape index (κ3) is 6.64. The summed E-state index contributed by atoms with van der Waals surface area (Å²) in [5, 5.41) is 14.9. The van der Waals surface area contributed by atoms with E-state index in [0.29, 0.717) is 6.61 Å². The van der Waals surface area contributed by atoms with Gasteiger partial charge in [-0.3, -0.25) is 4.79 Å². The topological polar surface area (TPSA) is 101 Å². The number of hydrogen-bond acceptors (Lipinski definition) is 5. The van der Waals surface area contributed by atoms with Crippen LogP contribution in [0.3, 0.4) is 0 Å². The first-order valence-electron chi connectivity index (χ1n) is 10.7. The van der Waals surface area contributed by atoms with Crippen LogP contribution in [0.2, 0.25) is 5.02 Å². The van der Waals surface area contributed by atoms with Crippen LogP contribution >= 0.6 is 11.6 Å². The molecule has 1 atom stereocenters. The molecule has 32 heavy (non-hydrogen) atoms. The van der Waals surface area contributed by atoms with E-state index in [1.54, 1.807) is 0 Å². The predicted octanol–water partition coefficient (Wildman–Crippen LogP) is 3.84. The maximum absolute atomic E-state index is 13.9. The zero-order valence-electron chi connectivity index (χ0n) is 17.7. The Balaban J connectivity index is 1.36. The SMILES string of the molecule is O=C(N[C@@H](CCOCCCCc1ccc2c(n1)NCCC2)C(=O)O)c1c(F)cccc1Cl. The lowest BCUT2D eigenvalue weighted by molar-refractivity contribution is -0.139. The van der Waals surface area contributed by atoms with Gasteiger partial charge < -0.3 is 20.5 Å². The first kappa shape index (κ1) is 23.9. The Kier molecular flexibility index (Phi) is 8.81. The van der Waals surface area contributed by atoms with Crippen molar-refractivity contribution in [3.05, 3.63) is 58.0 Å². The van der Waals surface area contributed by atoms with Gasteiger partial charge in [-0.2, -0.15) is 0 Å². The van der Waals surface area contributed by atoms with Crippen molar-refractivity contribution in [2.45, 2.75) is 44.6 Å². The van der Waals surface area contributed by atoms with E-state index in [1.165, 1.54) is 17.7 Å². The molecule has 7 nitrogen and oxygen atoms in total. The van der Waals surface area contributed by atoms with Gasteiger partial charge in [-0.25, -0.2) is 14.2 Å². The number of benzene rings is 1. The number of aryl methyl sites for hydroxylation is 2. The van der Waals surface area contributed by atoms with Gasteiger partial charge in [0, 0.05) is 31.9 Å². The number of carbonyl (C=O) groups excluding carboxylic acids is 1. The van der Waals surface area contributed by atoms with E-state index in [0.717, 1.165) is 56.2 Å². The number of hydrogen-bond donors (Lipinski definition) is 3. The molecule has 172 valence electrons. The van der Waals surface area contributed by atoms with Crippen LogP contribution in [0, 0.1) is 5.82 Å². The summed E-state index contributed by atoms with van der Waals surface area (Å²) in [6.45, 7) is 1.59. The van der Waals surface area contributed by atoms with Crippen LogP contribution in [0.4, 0.5) is 10.2 Å². The summed E-state index contributed by atoms with van der Waals surface area (Å²) in [6, 6.07) is 6.83. The van der Waals surface area contributed by atoms with Crippen molar-refractivity contribution >= 4 is 29.3 Å². The molecule has 2 aromatic rings. The van der Waals surface area contributed by atoms with Gasteiger partial charge in [0.1, 0.15) is 17.7 Å².